The first-order valence-corrected chi connectivity index (χ1v) is 7.01. The Morgan fingerprint density at radius 1 is 1.29 bits per heavy atom. The minimum Gasteiger partial charge on any atom is -0.383 e. The molecule has 0 bridgehead atoms. The molecule has 1 aromatic carbocycles. The minimum atomic E-state index is -0.542. The fraction of sp³-hybridized carbons (Fsp3) is 0.467. The van der Waals surface area contributed by atoms with Gasteiger partial charge in [0.15, 0.2) is 0 Å². The molecule has 0 aliphatic carbocycles. The molecule has 0 saturated carbocycles. The highest BCUT2D eigenvalue weighted by molar-refractivity contribution is 6.34. The van der Waals surface area contributed by atoms with Crippen molar-refractivity contribution in [2.24, 2.45) is 5.41 Å². The van der Waals surface area contributed by atoms with Crippen LogP contribution in [-0.2, 0) is 9.53 Å². The number of benzene rings is 1. The summed E-state index contributed by atoms with van der Waals surface area (Å²) >= 11 is 6.06. The van der Waals surface area contributed by atoms with Crippen LogP contribution in [0.1, 0.15) is 31.1 Å². The average molecular weight is 313 g/mol. The molecule has 0 atom stereocenters. The molecule has 1 aromatic rings. The first kappa shape index (κ1) is 17.5. The smallest absolute Gasteiger partial charge is 0.251 e. The largest absolute Gasteiger partial charge is 0.383 e. The topological polar surface area (TPSA) is 67.4 Å². The van der Waals surface area contributed by atoms with Crippen molar-refractivity contribution in [3.8, 4) is 0 Å². The second-order valence-electron chi connectivity index (χ2n) is 5.65. The summed E-state index contributed by atoms with van der Waals surface area (Å²) in [5.41, 5.74) is 0.316. The van der Waals surface area contributed by atoms with E-state index in [1.165, 1.54) is 0 Å². The Labute approximate surface area is 130 Å². The molecular weight excluding hydrogens is 292 g/mol. The third kappa shape index (κ3) is 5.36. The highest BCUT2D eigenvalue weighted by atomic mass is 35.5. The van der Waals surface area contributed by atoms with Gasteiger partial charge in [0.05, 0.1) is 17.3 Å². The van der Waals surface area contributed by atoms with Crippen molar-refractivity contribution in [3.63, 3.8) is 0 Å². The molecule has 0 aliphatic rings. The Kier molecular flexibility index (Phi) is 6.18. The van der Waals surface area contributed by atoms with Crippen LogP contribution in [0.5, 0.6) is 0 Å². The monoisotopic (exact) mass is 312 g/mol. The van der Waals surface area contributed by atoms with E-state index in [9.17, 15) is 9.59 Å². The number of methoxy groups -OCH3 is 1. The Morgan fingerprint density at radius 2 is 1.95 bits per heavy atom. The third-order valence-electron chi connectivity index (χ3n) is 2.75. The molecule has 0 aliphatic heterocycles. The first-order chi connectivity index (χ1) is 9.75. The highest BCUT2D eigenvalue weighted by Gasteiger charge is 2.22. The van der Waals surface area contributed by atoms with Crippen LogP contribution in [0.3, 0.4) is 0 Å². The van der Waals surface area contributed by atoms with Crippen LogP contribution in [0.2, 0.25) is 5.02 Å². The highest BCUT2D eigenvalue weighted by Crippen LogP contribution is 2.25. The summed E-state index contributed by atoms with van der Waals surface area (Å²) < 4.78 is 4.87. The summed E-state index contributed by atoms with van der Waals surface area (Å²) in [7, 11) is 1.56. The van der Waals surface area contributed by atoms with Crippen LogP contribution >= 0.6 is 11.6 Å². The van der Waals surface area contributed by atoms with E-state index in [2.05, 4.69) is 10.6 Å². The number of hydrogen-bond donors (Lipinski definition) is 2. The van der Waals surface area contributed by atoms with Crippen LogP contribution in [0.15, 0.2) is 18.2 Å². The van der Waals surface area contributed by atoms with Gasteiger partial charge in [-0.15, -0.1) is 0 Å². The van der Waals surface area contributed by atoms with E-state index in [1.807, 2.05) is 0 Å². The molecule has 1 rings (SSSR count). The summed E-state index contributed by atoms with van der Waals surface area (Å²) in [5.74, 6) is -0.406. The zero-order valence-corrected chi connectivity index (χ0v) is 13.5. The van der Waals surface area contributed by atoms with Gasteiger partial charge in [0.25, 0.3) is 5.91 Å². The fourth-order valence-corrected chi connectivity index (χ4v) is 1.61. The average Bonchev–Trinajstić information content (AvgIpc) is 2.40. The molecular formula is C15H21ClN2O3. The predicted molar refractivity (Wildman–Crippen MR) is 83.7 cm³/mol. The van der Waals surface area contributed by atoms with Crippen molar-refractivity contribution in [2.45, 2.75) is 20.8 Å². The van der Waals surface area contributed by atoms with Gasteiger partial charge in [0.2, 0.25) is 5.91 Å². The Morgan fingerprint density at radius 3 is 2.52 bits per heavy atom. The number of amides is 2. The van der Waals surface area contributed by atoms with Gasteiger partial charge in [-0.1, -0.05) is 32.4 Å². The summed E-state index contributed by atoms with van der Waals surface area (Å²) in [6.07, 6.45) is 0. The van der Waals surface area contributed by atoms with E-state index in [0.717, 1.165) is 0 Å². The molecule has 0 radical (unpaired) electrons. The molecule has 2 N–H and O–H groups in total. The zero-order valence-electron chi connectivity index (χ0n) is 12.7. The van der Waals surface area contributed by atoms with E-state index < -0.39 is 5.41 Å². The second-order valence-corrected chi connectivity index (χ2v) is 6.05. The van der Waals surface area contributed by atoms with E-state index >= 15 is 0 Å². The number of rotatable bonds is 5. The van der Waals surface area contributed by atoms with Crippen molar-refractivity contribution < 1.29 is 14.3 Å². The maximum Gasteiger partial charge on any atom is 0.251 e. The minimum absolute atomic E-state index is 0.165. The Bertz CT molecular complexity index is 524. The predicted octanol–water partition coefficient (Wildman–Crippen LogP) is 2.70. The van der Waals surface area contributed by atoms with Gasteiger partial charge in [0.1, 0.15) is 0 Å². The van der Waals surface area contributed by atoms with Crippen LogP contribution in [0, 0.1) is 5.41 Å². The molecule has 116 valence electrons. The second kappa shape index (κ2) is 7.43. The number of carbonyl (C=O) groups excluding carboxylic acids is 2. The lowest BCUT2D eigenvalue weighted by atomic mass is 9.95. The van der Waals surface area contributed by atoms with Crippen molar-refractivity contribution >= 4 is 29.1 Å². The van der Waals surface area contributed by atoms with Gasteiger partial charge in [-0.05, 0) is 18.2 Å². The van der Waals surface area contributed by atoms with Gasteiger partial charge in [-0.2, -0.15) is 0 Å². The summed E-state index contributed by atoms with van der Waals surface area (Å²) in [4.78, 5) is 23.9. The van der Waals surface area contributed by atoms with Crippen LogP contribution in [0.4, 0.5) is 5.69 Å². The van der Waals surface area contributed by atoms with Crippen LogP contribution < -0.4 is 10.6 Å². The fourth-order valence-electron chi connectivity index (χ4n) is 1.44. The lowest BCUT2D eigenvalue weighted by molar-refractivity contribution is -0.123. The van der Waals surface area contributed by atoms with Crippen molar-refractivity contribution in [3.05, 3.63) is 28.8 Å². The molecule has 0 unspecified atom stereocenters. The Hall–Kier alpha value is -1.59. The van der Waals surface area contributed by atoms with E-state index in [-0.39, 0.29) is 11.8 Å². The lowest BCUT2D eigenvalue weighted by Crippen LogP contribution is -2.29. The van der Waals surface area contributed by atoms with Gasteiger partial charge in [-0.3, -0.25) is 9.59 Å². The van der Waals surface area contributed by atoms with Gasteiger partial charge < -0.3 is 15.4 Å². The Balaban J connectivity index is 2.85. The number of halogens is 1. The molecule has 0 fully saturated rings. The number of carbonyl (C=O) groups is 2. The zero-order chi connectivity index (χ0) is 16.0. The molecule has 0 spiro atoms. The maximum atomic E-state index is 12.0. The number of nitrogens with one attached hydrogen (secondary N) is 2. The third-order valence-corrected chi connectivity index (χ3v) is 3.08. The molecule has 21 heavy (non-hydrogen) atoms. The molecule has 5 nitrogen and oxygen atoms in total. The maximum absolute atomic E-state index is 12.0. The van der Waals surface area contributed by atoms with Crippen molar-refractivity contribution in [1.82, 2.24) is 5.32 Å². The molecule has 0 saturated heterocycles. The molecule has 0 aromatic heterocycles. The van der Waals surface area contributed by atoms with E-state index in [4.69, 9.17) is 16.3 Å². The molecule has 6 heteroatoms. The van der Waals surface area contributed by atoms with E-state index in [1.54, 1.807) is 46.1 Å². The number of ether oxygens (including phenoxy) is 1. The lowest BCUT2D eigenvalue weighted by Gasteiger charge is -2.18. The SMILES string of the molecule is COCCNC(=O)c1ccc(Cl)c(NC(=O)C(C)(C)C)c1. The molecule has 2 amide bonds. The van der Waals surface area contributed by atoms with Gasteiger partial charge >= 0.3 is 0 Å². The number of anilines is 1. The van der Waals surface area contributed by atoms with Crippen LogP contribution in [-0.4, -0.2) is 32.1 Å². The normalized spacial score (nSPS) is 11.1. The van der Waals surface area contributed by atoms with Gasteiger partial charge in [-0.25, -0.2) is 0 Å². The van der Waals surface area contributed by atoms with Crippen LogP contribution in [0.25, 0.3) is 0 Å². The number of hydrogen-bond acceptors (Lipinski definition) is 3. The van der Waals surface area contributed by atoms with Crippen molar-refractivity contribution in [1.29, 1.82) is 0 Å². The first-order valence-electron chi connectivity index (χ1n) is 6.64. The standard InChI is InChI=1S/C15H21ClN2O3/c1-15(2,3)14(20)18-12-9-10(5-6-11(12)16)13(19)17-7-8-21-4/h5-6,9H,7-8H2,1-4H3,(H,17,19)(H,18,20). The molecule has 0 heterocycles. The summed E-state index contributed by atoms with van der Waals surface area (Å²) in [6.45, 7) is 6.27. The van der Waals surface area contributed by atoms with Gasteiger partial charge in [0, 0.05) is 24.6 Å². The van der Waals surface area contributed by atoms with Crippen molar-refractivity contribution in [2.75, 3.05) is 25.6 Å². The summed E-state index contributed by atoms with van der Waals surface area (Å²) in [5, 5.41) is 5.84. The van der Waals surface area contributed by atoms with E-state index in [0.29, 0.717) is 29.4 Å². The quantitative estimate of drug-likeness (QED) is 0.821. The summed E-state index contributed by atoms with van der Waals surface area (Å²) in [6, 6.07) is 4.76.